The molecule has 4 heteroatoms. The zero-order chi connectivity index (χ0) is 13.8. The highest BCUT2D eigenvalue weighted by atomic mass is 16.2. The molecule has 1 heterocycles. The minimum absolute atomic E-state index is 0.231. The van der Waals surface area contributed by atoms with E-state index in [-0.39, 0.29) is 23.1 Å². The molecule has 0 atom stereocenters. The van der Waals surface area contributed by atoms with Gasteiger partial charge in [0.05, 0.1) is 0 Å². The molecule has 0 aromatic carbocycles. The maximum atomic E-state index is 12.2. The van der Waals surface area contributed by atoms with Crippen molar-refractivity contribution in [3.05, 3.63) is 33.2 Å². The molecule has 1 aliphatic rings. The van der Waals surface area contributed by atoms with Gasteiger partial charge in [-0.2, -0.15) is 0 Å². The first kappa shape index (κ1) is 13.8. The Balaban J connectivity index is 2.23. The van der Waals surface area contributed by atoms with Crippen molar-refractivity contribution in [3.63, 3.8) is 0 Å². The molecule has 0 radical (unpaired) electrons. The van der Waals surface area contributed by atoms with Gasteiger partial charge in [-0.15, -0.1) is 0 Å². The molecule has 104 valence electrons. The van der Waals surface area contributed by atoms with Crippen LogP contribution in [-0.4, -0.2) is 16.9 Å². The zero-order valence-corrected chi connectivity index (χ0v) is 11.7. The lowest BCUT2D eigenvalue weighted by Gasteiger charge is -2.13. The van der Waals surface area contributed by atoms with Crippen LogP contribution in [0, 0.1) is 0 Å². The van der Waals surface area contributed by atoms with Crippen molar-refractivity contribution in [2.24, 2.45) is 0 Å². The fourth-order valence-electron chi connectivity index (χ4n) is 2.74. The van der Waals surface area contributed by atoms with Crippen molar-refractivity contribution in [2.45, 2.75) is 58.4 Å². The molecule has 0 unspecified atom stereocenters. The van der Waals surface area contributed by atoms with Gasteiger partial charge < -0.3 is 10.3 Å². The number of aryl methyl sites for hydroxylation is 2. The first-order valence-corrected chi connectivity index (χ1v) is 7.21. The van der Waals surface area contributed by atoms with Crippen LogP contribution in [0.1, 0.15) is 61.1 Å². The average Bonchev–Trinajstić information content (AvgIpc) is 2.90. The van der Waals surface area contributed by atoms with Crippen molar-refractivity contribution in [1.29, 1.82) is 0 Å². The van der Waals surface area contributed by atoms with Crippen LogP contribution in [0.25, 0.3) is 0 Å². The van der Waals surface area contributed by atoms with Gasteiger partial charge in [-0.05, 0) is 37.3 Å². The topological polar surface area (TPSA) is 62.0 Å². The van der Waals surface area contributed by atoms with Crippen LogP contribution in [-0.2, 0) is 12.8 Å². The molecule has 1 aromatic heterocycles. The van der Waals surface area contributed by atoms with Gasteiger partial charge in [0.2, 0.25) is 0 Å². The van der Waals surface area contributed by atoms with Gasteiger partial charge in [0.15, 0.2) is 0 Å². The minimum atomic E-state index is -0.274. The second-order valence-corrected chi connectivity index (χ2v) is 5.18. The van der Waals surface area contributed by atoms with Gasteiger partial charge in [-0.1, -0.05) is 26.7 Å². The van der Waals surface area contributed by atoms with Gasteiger partial charge in [0, 0.05) is 11.7 Å². The summed E-state index contributed by atoms with van der Waals surface area (Å²) in [5, 5.41) is 2.97. The predicted molar refractivity (Wildman–Crippen MR) is 75.5 cm³/mol. The van der Waals surface area contributed by atoms with E-state index in [9.17, 15) is 9.59 Å². The van der Waals surface area contributed by atoms with Crippen LogP contribution in [0.5, 0.6) is 0 Å². The van der Waals surface area contributed by atoms with Gasteiger partial charge in [0.25, 0.3) is 11.5 Å². The smallest absolute Gasteiger partial charge is 0.261 e. The van der Waals surface area contributed by atoms with Crippen LogP contribution >= 0.6 is 0 Å². The lowest BCUT2D eigenvalue weighted by Crippen LogP contribution is -2.36. The van der Waals surface area contributed by atoms with Gasteiger partial charge in [0.1, 0.15) is 5.56 Å². The van der Waals surface area contributed by atoms with E-state index < -0.39 is 0 Å². The first-order chi connectivity index (χ1) is 9.15. The molecule has 0 spiro atoms. The van der Waals surface area contributed by atoms with Crippen LogP contribution in [0.15, 0.2) is 10.9 Å². The van der Waals surface area contributed by atoms with Crippen molar-refractivity contribution < 1.29 is 4.79 Å². The first-order valence-electron chi connectivity index (χ1n) is 7.21. The molecule has 19 heavy (non-hydrogen) atoms. The SMILES string of the molecule is CCc1cc(C(=O)NC2CCCC2)c(=O)[nH]c1CC. The van der Waals surface area contributed by atoms with E-state index in [4.69, 9.17) is 0 Å². The molecule has 1 aromatic rings. The standard InChI is InChI=1S/C15H22N2O2/c1-3-10-9-12(15(19)17-13(10)4-2)14(18)16-11-7-5-6-8-11/h9,11H,3-8H2,1-2H3,(H,16,18)(H,17,19). The summed E-state index contributed by atoms with van der Waals surface area (Å²) in [6, 6.07) is 1.99. The van der Waals surface area contributed by atoms with E-state index in [0.29, 0.717) is 0 Å². The average molecular weight is 262 g/mol. The summed E-state index contributed by atoms with van der Waals surface area (Å²) in [6.45, 7) is 4.04. The normalized spacial score (nSPS) is 15.7. The fourth-order valence-corrected chi connectivity index (χ4v) is 2.74. The van der Waals surface area contributed by atoms with Crippen LogP contribution in [0.4, 0.5) is 0 Å². The Morgan fingerprint density at radius 3 is 2.58 bits per heavy atom. The van der Waals surface area contributed by atoms with E-state index in [2.05, 4.69) is 10.3 Å². The molecule has 1 amide bonds. The third kappa shape index (κ3) is 3.06. The molecule has 1 fully saturated rings. The summed E-state index contributed by atoms with van der Waals surface area (Å²) in [6.07, 6.45) is 5.98. The molecule has 1 saturated carbocycles. The largest absolute Gasteiger partial charge is 0.349 e. The maximum Gasteiger partial charge on any atom is 0.261 e. The summed E-state index contributed by atoms with van der Waals surface area (Å²) in [5.41, 5.74) is 1.97. The summed E-state index contributed by atoms with van der Waals surface area (Å²) in [7, 11) is 0. The number of H-pyrrole nitrogens is 1. The number of carbonyl (C=O) groups is 1. The molecule has 4 nitrogen and oxygen atoms in total. The van der Waals surface area contributed by atoms with Crippen molar-refractivity contribution >= 4 is 5.91 Å². The molecule has 1 aliphatic carbocycles. The number of hydrogen-bond acceptors (Lipinski definition) is 2. The van der Waals surface area contributed by atoms with Crippen LogP contribution in [0.3, 0.4) is 0 Å². The molecule has 0 aliphatic heterocycles. The predicted octanol–water partition coefficient (Wildman–Crippen LogP) is 2.17. The van der Waals surface area contributed by atoms with E-state index in [1.54, 1.807) is 6.07 Å². The second-order valence-electron chi connectivity index (χ2n) is 5.18. The molecule has 0 saturated heterocycles. The summed E-state index contributed by atoms with van der Waals surface area (Å²) >= 11 is 0. The van der Waals surface area contributed by atoms with E-state index in [1.165, 1.54) is 0 Å². The lowest BCUT2D eigenvalue weighted by atomic mass is 10.1. The van der Waals surface area contributed by atoms with Crippen LogP contribution < -0.4 is 10.9 Å². The number of aromatic nitrogens is 1. The third-order valence-electron chi connectivity index (χ3n) is 3.88. The minimum Gasteiger partial charge on any atom is -0.349 e. The Kier molecular flexibility index (Phi) is 4.40. The number of hydrogen-bond donors (Lipinski definition) is 2. The Labute approximate surface area is 113 Å². The van der Waals surface area contributed by atoms with Crippen LogP contribution in [0.2, 0.25) is 0 Å². The van der Waals surface area contributed by atoms with Crippen molar-refractivity contribution in [2.75, 3.05) is 0 Å². The Bertz CT molecular complexity index is 513. The number of pyridine rings is 1. The molecule has 0 bridgehead atoms. The third-order valence-corrected chi connectivity index (χ3v) is 3.88. The summed E-state index contributed by atoms with van der Waals surface area (Å²) in [5.74, 6) is -0.231. The Morgan fingerprint density at radius 2 is 2.00 bits per heavy atom. The highest BCUT2D eigenvalue weighted by molar-refractivity contribution is 5.94. The van der Waals surface area contributed by atoms with E-state index in [0.717, 1.165) is 49.8 Å². The number of rotatable bonds is 4. The van der Waals surface area contributed by atoms with Gasteiger partial charge in [-0.3, -0.25) is 9.59 Å². The van der Waals surface area contributed by atoms with E-state index in [1.807, 2.05) is 13.8 Å². The monoisotopic (exact) mass is 262 g/mol. The Hall–Kier alpha value is -1.58. The number of amides is 1. The molecule has 2 N–H and O–H groups in total. The summed E-state index contributed by atoms with van der Waals surface area (Å²) in [4.78, 5) is 27.0. The maximum absolute atomic E-state index is 12.2. The number of carbonyl (C=O) groups excluding carboxylic acids is 1. The quantitative estimate of drug-likeness (QED) is 0.873. The number of nitrogens with one attached hydrogen (secondary N) is 2. The van der Waals surface area contributed by atoms with Crippen molar-refractivity contribution in [3.8, 4) is 0 Å². The molecule has 2 rings (SSSR count). The fraction of sp³-hybridized carbons (Fsp3) is 0.600. The molecular weight excluding hydrogens is 240 g/mol. The summed E-state index contributed by atoms with van der Waals surface area (Å²) < 4.78 is 0. The van der Waals surface area contributed by atoms with E-state index >= 15 is 0 Å². The molecular formula is C15H22N2O2. The Morgan fingerprint density at radius 1 is 1.32 bits per heavy atom. The highest BCUT2D eigenvalue weighted by Gasteiger charge is 2.20. The zero-order valence-electron chi connectivity index (χ0n) is 11.7. The lowest BCUT2D eigenvalue weighted by molar-refractivity contribution is 0.0936. The van der Waals surface area contributed by atoms with Gasteiger partial charge in [-0.25, -0.2) is 0 Å². The van der Waals surface area contributed by atoms with Gasteiger partial charge >= 0.3 is 0 Å². The number of aromatic amines is 1. The second kappa shape index (κ2) is 6.04. The highest BCUT2D eigenvalue weighted by Crippen LogP contribution is 2.18. The van der Waals surface area contributed by atoms with Crippen molar-refractivity contribution in [1.82, 2.24) is 10.3 Å².